The second-order valence-electron chi connectivity index (χ2n) is 6.59. The zero-order valence-corrected chi connectivity index (χ0v) is 18.3. The van der Waals surface area contributed by atoms with Crippen molar-refractivity contribution in [1.29, 1.82) is 0 Å². The van der Waals surface area contributed by atoms with Crippen molar-refractivity contribution in [1.82, 2.24) is 4.57 Å². The molecule has 0 aliphatic rings. The number of amides is 1. The second kappa shape index (κ2) is 9.36. The summed E-state index contributed by atoms with van der Waals surface area (Å²) in [6, 6.07) is 13.8. The number of esters is 1. The molecule has 7 nitrogen and oxygen atoms in total. The Morgan fingerprint density at radius 2 is 1.87 bits per heavy atom. The summed E-state index contributed by atoms with van der Waals surface area (Å²) in [5, 5.41) is 0. The number of fused-ring (bicyclic) bond motifs is 1. The number of ether oxygens (including phenoxy) is 1. The van der Waals surface area contributed by atoms with Crippen molar-refractivity contribution in [2.45, 2.75) is 31.2 Å². The van der Waals surface area contributed by atoms with Crippen LogP contribution in [0.3, 0.4) is 0 Å². The number of benzene rings is 2. The van der Waals surface area contributed by atoms with E-state index in [1.165, 1.54) is 30.6 Å². The molecule has 0 fully saturated rings. The van der Waals surface area contributed by atoms with Crippen molar-refractivity contribution in [2.75, 3.05) is 12.9 Å². The topological polar surface area (TPSA) is 94.8 Å². The molecule has 0 aliphatic carbocycles. The molecule has 0 aliphatic heterocycles. The van der Waals surface area contributed by atoms with Gasteiger partial charge in [0, 0.05) is 6.42 Å². The molecule has 0 N–H and O–H groups in total. The molecule has 2 aromatic carbocycles. The van der Waals surface area contributed by atoms with Crippen molar-refractivity contribution in [2.24, 2.45) is 4.99 Å². The van der Waals surface area contributed by atoms with Gasteiger partial charge in [-0.25, -0.2) is 8.42 Å². The van der Waals surface area contributed by atoms with Gasteiger partial charge in [0.1, 0.15) is 6.54 Å². The van der Waals surface area contributed by atoms with E-state index < -0.39 is 21.7 Å². The molecule has 1 aromatic heterocycles. The van der Waals surface area contributed by atoms with Gasteiger partial charge in [-0.1, -0.05) is 42.5 Å². The Morgan fingerprint density at radius 3 is 2.53 bits per heavy atom. The molecule has 3 rings (SSSR count). The second-order valence-corrected chi connectivity index (χ2v) is 9.71. The van der Waals surface area contributed by atoms with Gasteiger partial charge in [-0.3, -0.25) is 9.59 Å². The van der Waals surface area contributed by atoms with Gasteiger partial charge in [0.2, 0.25) is 5.91 Å². The Bertz CT molecular complexity index is 1240. The van der Waals surface area contributed by atoms with E-state index in [9.17, 15) is 18.0 Å². The highest BCUT2D eigenvalue weighted by atomic mass is 32.2. The number of thiazole rings is 1. The molecule has 1 heterocycles. The molecule has 0 atom stereocenters. The van der Waals surface area contributed by atoms with Crippen molar-refractivity contribution in [3.05, 3.63) is 58.9 Å². The van der Waals surface area contributed by atoms with Crippen LogP contribution in [0.25, 0.3) is 10.2 Å². The summed E-state index contributed by atoms with van der Waals surface area (Å²) in [5.41, 5.74) is 1.90. The quantitative estimate of drug-likeness (QED) is 0.520. The van der Waals surface area contributed by atoms with E-state index in [1.807, 2.05) is 25.1 Å². The van der Waals surface area contributed by atoms with Crippen molar-refractivity contribution < 1.29 is 22.7 Å². The zero-order valence-electron chi connectivity index (χ0n) is 16.7. The van der Waals surface area contributed by atoms with E-state index in [1.54, 1.807) is 22.8 Å². The summed E-state index contributed by atoms with van der Waals surface area (Å²) in [4.78, 5) is 28.9. The summed E-state index contributed by atoms with van der Waals surface area (Å²) in [7, 11) is -2.28. The van der Waals surface area contributed by atoms with Gasteiger partial charge in [-0.15, -0.1) is 0 Å². The van der Waals surface area contributed by atoms with Crippen LogP contribution in [0, 0.1) is 0 Å². The van der Waals surface area contributed by atoms with Gasteiger partial charge in [-0.2, -0.15) is 4.99 Å². The standard InChI is InChI=1S/C21H22N2O5S2/c1-3-15-9-10-17-18(13-15)29-21(23(17)14-20(25)28-2)22-19(24)11-12-30(26,27)16-7-5-4-6-8-16/h4-10,13H,3,11-12,14H2,1-2H3. The molecular formula is C21H22N2O5S2. The lowest BCUT2D eigenvalue weighted by Gasteiger charge is -2.04. The summed E-state index contributed by atoms with van der Waals surface area (Å²) < 4.78 is 32.1. The molecule has 30 heavy (non-hydrogen) atoms. The van der Waals surface area contributed by atoms with E-state index in [2.05, 4.69) is 4.99 Å². The van der Waals surface area contributed by atoms with E-state index in [4.69, 9.17) is 4.74 Å². The van der Waals surface area contributed by atoms with Crippen LogP contribution in [-0.2, 0) is 37.1 Å². The van der Waals surface area contributed by atoms with Gasteiger partial charge in [0.15, 0.2) is 14.6 Å². The van der Waals surface area contributed by atoms with E-state index in [-0.39, 0.29) is 23.6 Å². The number of carbonyl (C=O) groups excluding carboxylic acids is 2. The zero-order chi connectivity index (χ0) is 21.7. The number of nitrogens with zero attached hydrogens (tertiary/aromatic N) is 2. The maximum absolute atomic E-state index is 12.4. The largest absolute Gasteiger partial charge is 0.468 e. The first-order chi connectivity index (χ1) is 14.3. The Morgan fingerprint density at radius 1 is 1.13 bits per heavy atom. The molecule has 9 heteroatoms. The number of rotatable bonds is 7. The van der Waals surface area contributed by atoms with Crippen LogP contribution in [-0.4, -0.2) is 37.7 Å². The lowest BCUT2D eigenvalue weighted by molar-refractivity contribution is -0.141. The summed E-state index contributed by atoms with van der Waals surface area (Å²) >= 11 is 1.28. The minimum Gasteiger partial charge on any atom is -0.468 e. The lowest BCUT2D eigenvalue weighted by atomic mass is 10.2. The number of hydrogen-bond acceptors (Lipinski definition) is 6. The maximum atomic E-state index is 12.4. The molecule has 0 bridgehead atoms. The third-order valence-corrected chi connectivity index (χ3v) is 7.35. The monoisotopic (exact) mass is 446 g/mol. The Balaban J connectivity index is 1.91. The average molecular weight is 447 g/mol. The van der Waals surface area contributed by atoms with Crippen LogP contribution in [0.1, 0.15) is 18.9 Å². The van der Waals surface area contributed by atoms with Gasteiger partial charge < -0.3 is 9.30 Å². The predicted molar refractivity (Wildman–Crippen MR) is 115 cm³/mol. The molecule has 1 amide bonds. The number of aromatic nitrogens is 1. The Hall–Kier alpha value is -2.78. The fourth-order valence-electron chi connectivity index (χ4n) is 2.90. The summed E-state index contributed by atoms with van der Waals surface area (Å²) in [5.74, 6) is -1.36. The number of aryl methyl sites for hydroxylation is 1. The first-order valence-corrected chi connectivity index (χ1v) is 11.9. The van der Waals surface area contributed by atoms with Crippen LogP contribution in [0.2, 0.25) is 0 Å². The molecule has 0 radical (unpaired) electrons. The minimum atomic E-state index is -3.57. The summed E-state index contributed by atoms with van der Waals surface area (Å²) in [6.45, 7) is 1.95. The molecule has 0 spiro atoms. The van der Waals surface area contributed by atoms with Gasteiger partial charge >= 0.3 is 5.97 Å². The number of sulfone groups is 1. The van der Waals surface area contributed by atoms with Crippen LogP contribution in [0.15, 0.2) is 58.4 Å². The molecule has 0 saturated carbocycles. The van der Waals surface area contributed by atoms with Crippen molar-refractivity contribution in [3.63, 3.8) is 0 Å². The highest BCUT2D eigenvalue weighted by Gasteiger charge is 2.17. The minimum absolute atomic E-state index is 0.0869. The van der Waals surface area contributed by atoms with Gasteiger partial charge in [-0.05, 0) is 36.2 Å². The van der Waals surface area contributed by atoms with Gasteiger partial charge in [0.05, 0.1) is 28.0 Å². The highest BCUT2D eigenvalue weighted by molar-refractivity contribution is 7.91. The average Bonchev–Trinajstić information content (AvgIpc) is 3.08. The van der Waals surface area contributed by atoms with E-state index in [0.717, 1.165) is 22.2 Å². The lowest BCUT2D eigenvalue weighted by Crippen LogP contribution is -2.22. The summed E-state index contributed by atoms with van der Waals surface area (Å²) in [6.07, 6.45) is 0.609. The Kier molecular flexibility index (Phi) is 6.84. The van der Waals surface area contributed by atoms with Crippen molar-refractivity contribution >= 4 is 43.3 Å². The highest BCUT2D eigenvalue weighted by Crippen LogP contribution is 2.20. The molecule has 3 aromatic rings. The van der Waals surface area contributed by atoms with Crippen LogP contribution in [0.5, 0.6) is 0 Å². The fraction of sp³-hybridized carbons (Fsp3) is 0.286. The smallest absolute Gasteiger partial charge is 0.325 e. The van der Waals surface area contributed by atoms with Crippen LogP contribution in [0.4, 0.5) is 0 Å². The third kappa shape index (κ3) is 5.03. The van der Waals surface area contributed by atoms with E-state index >= 15 is 0 Å². The number of carbonyl (C=O) groups is 2. The molecule has 0 saturated heterocycles. The van der Waals surface area contributed by atoms with E-state index in [0.29, 0.717) is 4.80 Å². The van der Waals surface area contributed by atoms with Crippen LogP contribution < -0.4 is 4.80 Å². The first kappa shape index (κ1) is 21.9. The maximum Gasteiger partial charge on any atom is 0.325 e. The number of hydrogen-bond donors (Lipinski definition) is 0. The van der Waals surface area contributed by atoms with Crippen molar-refractivity contribution in [3.8, 4) is 0 Å². The normalized spacial score (nSPS) is 12.3. The molecule has 0 unspecified atom stereocenters. The Labute approximate surface area is 178 Å². The fourth-order valence-corrected chi connectivity index (χ4v) is 5.26. The predicted octanol–water partition coefficient (Wildman–Crippen LogP) is 2.73. The SMILES string of the molecule is CCc1ccc2c(c1)sc(=NC(=O)CCS(=O)(=O)c1ccccc1)n2CC(=O)OC. The molecule has 158 valence electrons. The first-order valence-electron chi connectivity index (χ1n) is 9.38. The molecular weight excluding hydrogens is 424 g/mol. The third-order valence-electron chi connectivity index (χ3n) is 4.58. The van der Waals surface area contributed by atoms with Gasteiger partial charge in [0.25, 0.3) is 0 Å². The van der Waals surface area contributed by atoms with Crippen LogP contribution >= 0.6 is 11.3 Å². The number of methoxy groups -OCH3 is 1.